The monoisotopic (exact) mass is 446 g/mol. The molecule has 2 amide bonds. The number of aryl methyl sites for hydroxylation is 2. The number of urea groups is 1. The number of fused-ring (bicyclic) bond motifs is 3. The van der Waals surface area contributed by atoms with Crippen LogP contribution in [-0.2, 0) is 25.8 Å². The molecule has 5 heteroatoms. The fourth-order valence-electron chi connectivity index (χ4n) is 5.06. The van der Waals surface area contributed by atoms with E-state index in [2.05, 4.69) is 42.6 Å². The molecule has 1 atom stereocenters. The van der Waals surface area contributed by atoms with Crippen LogP contribution < -0.4 is 10.1 Å². The van der Waals surface area contributed by atoms with Gasteiger partial charge in [-0.05, 0) is 61.8 Å². The van der Waals surface area contributed by atoms with Gasteiger partial charge in [0.1, 0.15) is 5.75 Å². The number of thiophene rings is 1. The van der Waals surface area contributed by atoms with Gasteiger partial charge < -0.3 is 15.0 Å². The molecule has 32 heavy (non-hydrogen) atoms. The Balaban J connectivity index is 1.49. The minimum Gasteiger partial charge on any atom is -0.496 e. The van der Waals surface area contributed by atoms with Crippen LogP contribution in [0, 0.1) is 6.92 Å². The van der Waals surface area contributed by atoms with E-state index in [-0.39, 0.29) is 12.1 Å². The van der Waals surface area contributed by atoms with Crippen LogP contribution in [0.1, 0.15) is 56.5 Å². The number of hydrogen-bond acceptors (Lipinski definition) is 3. The summed E-state index contributed by atoms with van der Waals surface area (Å²) in [4.78, 5) is 18.3. The molecule has 0 unspecified atom stereocenters. The molecule has 1 aliphatic heterocycles. The van der Waals surface area contributed by atoms with E-state index in [0.717, 1.165) is 29.8 Å². The van der Waals surface area contributed by atoms with E-state index in [4.69, 9.17) is 4.74 Å². The van der Waals surface area contributed by atoms with Crippen molar-refractivity contribution in [2.24, 2.45) is 0 Å². The first-order valence-corrected chi connectivity index (χ1v) is 12.3. The summed E-state index contributed by atoms with van der Waals surface area (Å²) in [5.74, 6) is 0.841. The van der Waals surface area contributed by atoms with E-state index < -0.39 is 0 Å². The average Bonchev–Trinajstić information content (AvgIpc) is 3.21. The first-order valence-electron chi connectivity index (χ1n) is 11.5. The first kappa shape index (κ1) is 21.1. The number of methoxy groups -OCH3 is 1. The van der Waals surface area contributed by atoms with Crippen molar-refractivity contribution in [1.82, 2.24) is 10.2 Å². The second-order valence-electron chi connectivity index (χ2n) is 8.79. The van der Waals surface area contributed by atoms with Gasteiger partial charge in [0.05, 0.1) is 13.2 Å². The molecule has 3 aromatic rings. The molecule has 4 nitrogen and oxygen atoms in total. The van der Waals surface area contributed by atoms with Gasteiger partial charge in [0.2, 0.25) is 0 Å². The van der Waals surface area contributed by atoms with Crippen LogP contribution in [0.3, 0.4) is 0 Å². The summed E-state index contributed by atoms with van der Waals surface area (Å²) in [6.07, 6.45) is 5.83. The molecule has 1 aliphatic carbocycles. The minimum atomic E-state index is -0.108. The van der Waals surface area contributed by atoms with Crippen molar-refractivity contribution in [3.05, 3.63) is 86.1 Å². The molecular formula is C27H30N2O2S. The molecule has 2 heterocycles. The third-order valence-corrected chi connectivity index (χ3v) is 8.12. The van der Waals surface area contributed by atoms with Crippen LogP contribution in [0.5, 0.6) is 5.75 Å². The smallest absolute Gasteiger partial charge is 0.318 e. The van der Waals surface area contributed by atoms with Gasteiger partial charge in [-0.2, -0.15) is 0 Å². The molecule has 2 aromatic carbocycles. The van der Waals surface area contributed by atoms with Crippen LogP contribution in [0.4, 0.5) is 4.79 Å². The zero-order valence-corrected chi connectivity index (χ0v) is 19.6. The van der Waals surface area contributed by atoms with Crippen molar-refractivity contribution >= 4 is 17.4 Å². The molecule has 0 saturated carbocycles. The van der Waals surface area contributed by atoms with Crippen LogP contribution in [0.15, 0.2) is 48.5 Å². The molecule has 0 saturated heterocycles. The first-order chi connectivity index (χ1) is 15.7. The largest absolute Gasteiger partial charge is 0.496 e. The third-order valence-electron chi connectivity index (χ3n) is 6.73. The summed E-state index contributed by atoms with van der Waals surface area (Å²) in [5, 5.41) is 3.17. The Morgan fingerprint density at radius 3 is 2.66 bits per heavy atom. The van der Waals surface area contributed by atoms with Gasteiger partial charge in [-0.15, -0.1) is 11.3 Å². The molecule has 0 bridgehead atoms. The van der Waals surface area contributed by atoms with E-state index in [1.165, 1.54) is 46.6 Å². The Kier molecular flexibility index (Phi) is 5.92. The summed E-state index contributed by atoms with van der Waals surface area (Å²) < 4.78 is 5.73. The zero-order valence-electron chi connectivity index (χ0n) is 18.8. The standard InChI is InChI=1S/C27H30N2O2S/c1-18-11-13-19(14-12-18)17-28-27(30)29-16-15-21-20-7-4-6-10-24(20)32-26(21)25(29)22-8-3-5-9-23(22)31-2/h3,5,8-9,11-14,25H,4,6-7,10,15-17H2,1-2H3,(H,28,30)/t25-/m0/s1. The predicted molar refractivity (Wildman–Crippen MR) is 130 cm³/mol. The van der Waals surface area contributed by atoms with Crippen molar-refractivity contribution < 1.29 is 9.53 Å². The summed E-state index contributed by atoms with van der Waals surface area (Å²) in [5.41, 5.74) is 6.46. The normalized spacial score (nSPS) is 17.4. The van der Waals surface area contributed by atoms with Crippen LogP contribution in [0.2, 0.25) is 0 Å². The van der Waals surface area contributed by atoms with Crippen molar-refractivity contribution in [2.45, 2.75) is 51.6 Å². The third kappa shape index (κ3) is 3.90. The molecule has 166 valence electrons. The number of benzene rings is 2. The molecular weight excluding hydrogens is 416 g/mol. The zero-order chi connectivity index (χ0) is 22.1. The summed E-state index contributed by atoms with van der Waals surface area (Å²) in [6, 6.07) is 16.4. The summed E-state index contributed by atoms with van der Waals surface area (Å²) >= 11 is 1.92. The molecule has 1 aromatic heterocycles. The van der Waals surface area contributed by atoms with Gasteiger partial charge in [-0.1, -0.05) is 48.0 Å². The highest BCUT2D eigenvalue weighted by Crippen LogP contribution is 2.46. The Hall–Kier alpha value is -2.79. The lowest BCUT2D eigenvalue weighted by Gasteiger charge is -2.37. The number of ether oxygens (including phenoxy) is 1. The maximum atomic E-state index is 13.5. The molecule has 2 aliphatic rings. The van der Waals surface area contributed by atoms with Crippen molar-refractivity contribution in [3.63, 3.8) is 0 Å². The van der Waals surface area contributed by atoms with Gasteiger partial charge in [0.25, 0.3) is 0 Å². The Morgan fingerprint density at radius 1 is 1.06 bits per heavy atom. The number of rotatable bonds is 4. The highest BCUT2D eigenvalue weighted by atomic mass is 32.1. The van der Waals surface area contributed by atoms with Crippen molar-refractivity contribution in [1.29, 1.82) is 0 Å². The fourth-order valence-corrected chi connectivity index (χ4v) is 6.63. The topological polar surface area (TPSA) is 41.6 Å². The average molecular weight is 447 g/mol. The minimum absolute atomic E-state index is 0.0153. The lowest BCUT2D eigenvalue weighted by Crippen LogP contribution is -2.45. The SMILES string of the molecule is COc1ccccc1[C@H]1c2sc3c(c2CCN1C(=O)NCc1ccc(C)cc1)CCCC3. The molecule has 0 spiro atoms. The highest BCUT2D eigenvalue weighted by Gasteiger charge is 2.37. The second kappa shape index (κ2) is 8.99. The second-order valence-corrected chi connectivity index (χ2v) is 9.92. The van der Waals surface area contributed by atoms with Crippen molar-refractivity contribution in [2.75, 3.05) is 13.7 Å². The molecule has 0 radical (unpaired) electrons. The number of carbonyl (C=O) groups excluding carboxylic acids is 1. The fraction of sp³-hybridized carbons (Fsp3) is 0.370. The summed E-state index contributed by atoms with van der Waals surface area (Å²) in [6.45, 7) is 3.33. The molecule has 0 fully saturated rings. The number of nitrogens with zero attached hydrogens (tertiary/aromatic N) is 1. The molecule has 5 rings (SSSR count). The van der Waals surface area contributed by atoms with Gasteiger partial charge in [-0.3, -0.25) is 0 Å². The van der Waals surface area contributed by atoms with Crippen molar-refractivity contribution in [3.8, 4) is 5.75 Å². The lowest BCUT2D eigenvalue weighted by molar-refractivity contribution is 0.179. The van der Waals surface area contributed by atoms with Crippen LogP contribution in [-0.4, -0.2) is 24.6 Å². The van der Waals surface area contributed by atoms with Crippen LogP contribution >= 0.6 is 11.3 Å². The highest BCUT2D eigenvalue weighted by molar-refractivity contribution is 7.12. The van der Waals surface area contributed by atoms with Gasteiger partial charge in [0.15, 0.2) is 0 Å². The number of amides is 2. The maximum Gasteiger partial charge on any atom is 0.318 e. The maximum absolute atomic E-state index is 13.5. The van der Waals surface area contributed by atoms with E-state index in [1.807, 2.05) is 34.4 Å². The van der Waals surface area contributed by atoms with Gasteiger partial charge >= 0.3 is 6.03 Å². The van der Waals surface area contributed by atoms with E-state index in [9.17, 15) is 4.79 Å². The summed E-state index contributed by atoms with van der Waals surface area (Å²) in [7, 11) is 1.71. The number of para-hydroxylation sites is 1. The van der Waals surface area contributed by atoms with E-state index in [0.29, 0.717) is 6.54 Å². The Labute approximate surface area is 194 Å². The van der Waals surface area contributed by atoms with E-state index in [1.54, 1.807) is 12.7 Å². The van der Waals surface area contributed by atoms with Crippen LogP contribution in [0.25, 0.3) is 0 Å². The Bertz CT molecular complexity index is 1120. The Morgan fingerprint density at radius 2 is 1.84 bits per heavy atom. The van der Waals surface area contributed by atoms with E-state index >= 15 is 0 Å². The predicted octanol–water partition coefficient (Wildman–Crippen LogP) is 5.80. The lowest BCUT2D eigenvalue weighted by atomic mass is 9.88. The number of nitrogens with one attached hydrogen (secondary N) is 1. The van der Waals surface area contributed by atoms with Gasteiger partial charge in [-0.25, -0.2) is 4.79 Å². The molecule has 1 N–H and O–H groups in total. The number of carbonyl (C=O) groups is 1. The number of hydrogen-bond donors (Lipinski definition) is 1. The quantitative estimate of drug-likeness (QED) is 0.550. The van der Waals surface area contributed by atoms with Gasteiger partial charge in [0, 0.05) is 28.4 Å².